The van der Waals surface area contributed by atoms with Crippen molar-refractivity contribution in [1.29, 1.82) is 0 Å². The molecular weight excluding hydrogens is 270 g/mol. The first-order valence-electron chi connectivity index (χ1n) is 6.35. The number of hydrogen-bond donors (Lipinski definition) is 1. The molecular formula is C14H13N5O2. The van der Waals surface area contributed by atoms with E-state index in [9.17, 15) is 4.79 Å². The highest BCUT2D eigenvalue weighted by Crippen LogP contribution is 2.23. The minimum absolute atomic E-state index is 0.113. The summed E-state index contributed by atoms with van der Waals surface area (Å²) in [5.41, 5.74) is 1.51. The van der Waals surface area contributed by atoms with Crippen molar-refractivity contribution < 1.29 is 9.53 Å². The van der Waals surface area contributed by atoms with Gasteiger partial charge in [0, 0.05) is 24.4 Å². The van der Waals surface area contributed by atoms with Crippen LogP contribution in [-0.2, 0) is 4.79 Å². The maximum Gasteiger partial charge on any atom is 0.255 e. The van der Waals surface area contributed by atoms with Gasteiger partial charge in [0.05, 0.1) is 0 Å². The van der Waals surface area contributed by atoms with Crippen molar-refractivity contribution in [3.63, 3.8) is 0 Å². The zero-order valence-electron chi connectivity index (χ0n) is 11.6. The predicted octanol–water partition coefficient (Wildman–Crippen LogP) is 2.18. The van der Waals surface area contributed by atoms with Crippen molar-refractivity contribution in [2.75, 3.05) is 5.32 Å². The molecule has 0 aliphatic carbocycles. The van der Waals surface area contributed by atoms with Gasteiger partial charge in [0.1, 0.15) is 12.1 Å². The summed E-state index contributed by atoms with van der Waals surface area (Å²) in [5, 5.41) is 6.77. The lowest BCUT2D eigenvalue weighted by Crippen LogP contribution is -2.05. The summed E-state index contributed by atoms with van der Waals surface area (Å²) in [6.45, 7) is 3.33. The van der Waals surface area contributed by atoms with E-state index in [1.54, 1.807) is 30.3 Å². The number of amides is 1. The Hall–Kier alpha value is -2.96. The molecule has 0 radical (unpaired) electrons. The Balaban J connectivity index is 1.88. The fraction of sp³-hybridized carbons (Fsp3) is 0.143. The van der Waals surface area contributed by atoms with Crippen LogP contribution in [0, 0.1) is 6.92 Å². The van der Waals surface area contributed by atoms with Crippen molar-refractivity contribution in [3.05, 3.63) is 42.4 Å². The van der Waals surface area contributed by atoms with Gasteiger partial charge in [-0.25, -0.2) is 4.98 Å². The average molecular weight is 283 g/mol. The fourth-order valence-corrected chi connectivity index (χ4v) is 1.90. The largest absolute Gasteiger partial charge is 0.439 e. The molecule has 0 aliphatic heterocycles. The maximum atomic E-state index is 11.0. The van der Waals surface area contributed by atoms with Gasteiger partial charge in [0.25, 0.3) is 5.78 Å². The number of nitrogens with one attached hydrogen (secondary N) is 1. The molecule has 0 aliphatic rings. The van der Waals surface area contributed by atoms with Crippen molar-refractivity contribution in [1.82, 2.24) is 19.6 Å². The Morgan fingerprint density at radius 1 is 1.29 bits per heavy atom. The van der Waals surface area contributed by atoms with Crippen molar-refractivity contribution in [3.8, 4) is 11.6 Å². The van der Waals surface area contributed by atoms with E-state index >= 15 is 0 Å². The number of carbonyl (C=O) groups is 1. The number of aromatic nitrogens is 4. The molecule has 21 heavy (non-hydrogen) atoms. The summed E-state index contributed by atoms with van der Waals surface area (Å²) in [6, 6.07) is 8.85. The number of fused-ring (bicyclic) bond motifs is 1. The van der Waals surface area contributed by atoms with Gasteiger partial charge in [-0.1, -0.05) is 0 Å². The molecule has 0 unspecified atom stereocenters. The molecule has 106 valence electrons. The van der Waals surface area contributed by atoms with Gasteiger partial charge in [-0.15, -0.1) is 0 Å². The second kappa shape index (κ2) is 5.20. The smallest absolute Gasteiger partial charge is 0.255 e. The molecule has 0 saturated carbocycles. The van der Waals surface area contributed by atoms with Gasteiger partial charge in [-0.05, 0) is 31.2 Å². The molecule has 0 fully saturated rings. The Morgan fingerprint density at radius 2 is 2.05 bits per heavy atom. The summed E-state index contributed by atoms with van der Waals surface area (Å²) in [4.78, 5) is 19.3. The van der Waals surface area contributed by atoms with Gasteiger partial charge < -0.3 is 10.1 Å². The van der Waals surface area contributed by atoms with Gasteiger partial charge in [0.2, 0.25) is 11.8 Å². The van der Waals surface area contributed by atoms with Crippen LogP contribution in [0.15, 0.2) is 36.7 Å². The van der Waals surface area contributed by atoms with Crippen LogP contribution in [0.25, 0.3) is 5.78 Å². The number of rotatable bonds is 3. The third-order valence-corrected chi connectivity index (χ3v) is 2.74. The van der Waals surface area contributed by atoms with Crippen LogP contribution in [0.5, 0.6) is 11.6 Å². The van der Waals surface area contributed by atoms with E-state index in [-0.39, 0.29) is 5.91 Å². The highest BCUT2D eigenvalue weighted by molar-refractivity contribution is 5.88. The normalized spacial score (nSPS) is 10.6. The summed E-state index contributed by atoms with van der Waals surface area (Å²) in [6.07, 6.45) is 1.43. The number of aryl methyl sites for hydroxylation is 1. The molecule has 1 amide bonds. The molecule has 0 saturated heterocycles. The summed E-state index contributed by atoms with van der Waals surface area (Å²) in [7, 11) is 0. The fourth-order valence-electron chi connectivity index (χ4n) is 1.90. The van der Waals surface area contributed by atoms with Crippen molar-refractivity contribution in [2.45, 2.75) is 13.8 Å². The van der Waals surface area contributed by atoms with Crippen LogP contribution in [0.2, 0.25) is 0 Å². The van der Waals surface area contributed by atoms with E-state index in [4.69, 9.17) is 4.74 Å². The number of anilines is 1. The lowest BCUT2D eigenvalue weighted by molar-refractivity contribution is -0.114. The molecule has 2 aromatic heterocycles. The first-order valence-corrected chi connectivity index (χ1v) is 6.35. The van der Waals surface area contributed by atoms with Crippen molar-refractivity contribution in [2.24, 2.45) is 0 Å². The van der Waals surface area contributed by atoms with E-state index in [2.05, 4.69) is 20.4 Å². The standard InChI is InChI=1S/C14H13N5O2/c1-9-7-13(19-14(17-9)15-8-16-19)21-12-5-3-11(4-6-12)18-10(2)20/h3-8H,1-2H3,(H,18,20). The third-order valence-electron chi connectivity index (χ3n) is 2.74. The molecule has 7 nitrogen and oxygen atoms in total. The predicted molar refractivity (Wildman–Crippen MR) is 76.3 cm³/mol. The molecule has 3 rings (SSSR count). The van der Waals surface area contributed by atoms with E-state index in [0.717, 1.165) is 5.69 Å². The monoisotopic (exact) mass is 283 g/mol. The Bertz CT molecular complexity index is 795. The van der Waals surface area contributed by atoms with Gasteiger partial charge in [-0.3, -0.25) is 4.79 Å². The zero-order chi connectivity index (χ0) is 14.8. The van der Waals surface area contributed by atoms with E-state index < -0.39 is 0 Å². The minimum atomic E-state index is -0.113. The summed E-state index contributed by atoms with van der Waals surface area (Å²) >= 11 is 0. The number of ether oxygens (including phenoxy) is 1. The maximum absolute atomic E-state index is 11.0. The average Bonchev–Trinajstić information content (AvgIpc) is 2.88. The van der Waals surface area contributed by atoms with E-state index in [1.165, 1.54) is 17.8 Å². The molecule has 1 N–H and O–H groups in total. The second-order valence-corrected chi connectivity index (χ2v) is 4.52. The Kier molecular flexibility index (Phi) is 3.23. The quantitative estimate of drug-likeness (QED) is 0.796. The second-order valence-electron chi connectivity index (χ2n) is 4.52. The van der Waals surface area contributed by atoms with Crippen LogP contribution in [-0.4, -0.2) is 25.5 Å². The van der Waals surface area contributed by atoms with Gasteiger partial charge in [0.15, 0.2) is 0 Å². The van der Waals surface area contributed by atoms with Crippen LogP contribution in [0.1, 0.15) is 12.6 Å². The van der Waals surface area contributed by atoms with Gasteiger partial charge in [-0.2, -0.15) is 14.6 Å². The number of carbonyl (C=O) groups excluding carboxylic acids is 1. The van der Waals surface area contributed by atoms with Crippen LogP contribution < -0.4 is 10.1 Å². The summed E-state index contributed by atoms with van der Waals surface area (Å²) in [5.74, 6) is 1.53. The number of nitrogens with zero attached hydrogens (tertiary/aromatic N) is 4. The van der Waals surface area contributed by atoms with E-state index in [1.807, 2.05) is 6.92 Å². The van der Waals surface area contributed by atoms with Crippen LogP contribution >= 0.6 is 0 Å². The van der Waals surface area contributed by atoms with Crippen molar-refractivity contribution >= 4 is 17.4 Å². The topological polar surface area (TPSA) is 81.4 Å². The molecule has 0 spiro atoms. The molecule has 7 heteroatoms. The molecule has 0 atom stereocenters. The molecule has 0 bridgehead atoms. The van der Waals surface area contributed by atoms with Crippen LogP contribution in [0.3, 0.4) is 0 Å². The lowest BCUT2D eigenvalue weighted by Gasteiger charge is -2.08. The minimum Gasteiger partial charge on any atom is -0.439 e. The Morgan fingerprint density at radius 3 is 2.76 bits per heavy atom. The highest BCUT2D eigenvalue weighted by Gasteiger charge is 2.07. The van der Waals surface area contributed by atoms with Crippen LogP contribution in [0.4, 0.5) is 5.69 Å². The number of benzene rings is 1. The Labute approximate surface area is 120 Å². The highest BCUT2D eigenvalue weighted by atomic mass is 16.5. The number of hydrogen-bond acceptors (Lipinski definition) is 5. The SMILES string of the molecule is CC(=O)Nc1ccc(Oc2cc(C)nc3ncnn23)cc1. The van der Waals surface area contributed by atoms with Gasteiger partial charge >= 0.3 is 0 Å². The lowest BCUT2D eigenvalue weighted by atomic mass is 10.3. The zero-order valence-corrected chi connectivity index (χ0v) is 11.6. The third kappa shape index (κ3) is 2.81. The summed E-state index contributed by atoms with van der Waals surface area (Å²) < 4.78 is 7.32. The molecule has 2 heterocycles. The molecule has 1 aromatic carbocycles. The van der Waals surface area contributed by atoms with E-state index in [0.29, 0.717) is 23.1 Å². The molecule has 3 aromatic rings. The first-order chi connectivity index (χ1) is 10.1. The first kappa shape index (κ1) is 13.0.